The maximum atomic E-state index is 4.17. The predicted molar refractivity (Wildman–Crippen MR) is 72.3 cm³/mol. The molecule has 0 aliphatic rings. The Kier molecular flexibility index (Phi) is 7.86. The number of hydrogen-bond acceptors (Lipinski definition) is 1. The van der Waals surface area contributed by atoms with E-state index in [1.807, 2.05) is 59.0 Å². The molecule has 0 saturated heterocycles. The molecular formula is C14H22N2. The first-order chi connectivity index (χ1) is 7.77. The largest absolute Gasteiger partial charge is 0.342 e. The van der Waals surface area contributed by atoms with Gasteiger partial charge in [-0.1, -0.05) is 44.2 Å². The zero-order chi connectivity index (χ0) is 12.4. The van der Waals surface area contributed by atoms with Gasteiger partial charge in [-0.15, -0.1) is 0 Å². The summed E-state index contributed by atoms with van der Waals surface area (Å²) in [5.74, 6) is 0.943. The molecule has 1 heterocycles. The number of aromatic nitrogens is 2. The number of nitrogens with zero attached hydrogens (tertiary/aromatic N) is 1. The van der Waals surface area contributed by atoms with Crippen LogP contribution in [0.15, 0.2) is 36.6 Å². The molecule has 2 heteroatoms. The molecule has 1 rings (SSSR count). The van der Waals surface area contributed by atoms with Crippen LogP contribution < -0.4 is 0 Å². The normalized spacial score (nSPS) is 11.9. The van der Waals surface area contributed by atoms with Gasteiger partial charge in [0.15, 0.2) is 0 Å². The second kappa shape index (κ2) is 8.72. The number of imidazole rings is 1. The molecule has 0 radical (unpaired) electrons. The van der Waals surface area contributed by atoms with Gasteiger partial charge in [-0.2, -0.15) is 0 Å². The van der Waals surface area contributed by atoms with E-state index < -0.39 is 0 Å². The van der Waals surface area contributed by atoms with Crippen LogP contribution >= 0.6 is 0 Å². The molecule has 0 spiro atoms. The van der Waals surface area contributed by atoms with E-state index in [0.29, 0.717) is 0 Å². The summed E-state index contributed by atoms with van der Waals surface area (Å²) in [6.07, 6.45) is 12.0. The summed E-state index contributed by atoms with van der Waals surface area (Å²) in [6.45, 7) is 9.97. The molecule has 0 atom stereocenters. The highest BCUT2D eigenvalue weighted by atomic mass is 14.9. The zero-order valence-electron chi connectivity index (χ0n) is 10.9. The predicted octanol–water partition coefficient (Wildman–Crippen LogP) is 4.28. The summed E-state index contributed by atoms with van der Waals surface area (Å²) < 4.78 is 0. The smallest absolute Gasteiger partial charge is 0.103 e. The maximum Gasteiger partial charge on any atom is 0.103 e. The zero-order valence-corrected chi connectivity index (χ0v) is 10.9. The Bertz CT molecular complexity index is 368. The molecule has 2 nitrogen and oxygen atoms in total. The summed E-state index contributed by atoms with van der Waals surface area (Å²) in [5.41, 5.74) is 2.22. The molecule has 16 heavy (non-hydrogen) atoms. The minimum atomic E-state index is 0.943. The molecule has 0 unspecified atom stereocenters. The van der Waals surface area contributed by atoms with E-state index in [0.717, 1.165) is 17.1 Å². The third-order valence-electron chi connectivity index (χ3n) is 1.90. The van der Waals surface area contributed by atoms with Crippen molar-refractivity contribution in [3.8, 4) is 0 Å². The van der Waals surface area contributed by atoms with E-state index in [1.165, 1.54) is 0 Å². The number of hydrogen-bond donors (Lipinski definition) is 1. The Labute approximate surface area is 98.8 Å². The van der Waals surface area contributed by atoms with Crippen LogP contribution in [0.4, 0.5) is 0 Å². The van der Waals surface area contributed by atoms with Crippen LogP contribution in [-0.4, -0.2) is 9.97 Å². The maximum absolute atomic E-state index is 4.17. The van der Waals surface area contributed by atoms with E-state index in [2.05, 4.69) is 22.1 Å². The van der Waals surface area contributed by atoms with E-state index in [-0.39, 0.29) is 0 Å². The number of aromatic amines is 1. The van der Waals surface area contributed by atoms with Crippen LogP contribution in [0, 0.1) is 6.92 Å². The summed E-state index contributed by atoms with van der Waals surface area (Å²) in [6, 6.07) is 0. The second-order valence-electron chi connectivity index (χ2n) is 3.01. The lowest BCUT2D eigenvalue weighted by atomic mass is 10.2. The lowest BCUT2D eigenvalue weighted by Gasteiger charge is -1.95. The van der Waals surface area contributed by atoms with Crippen molar-refractivity contribution in [2.75, 3.05) is 0 Å². The Hall–Kier alpha value is -1.57. The summed E-state index contributed by atoms with van der Waals surface area (Å²) in [7, 11) is 0. The third-order valence-corrected chi connectivity index (χ3v) is 1.90. The van der Waals surface area contributed by atoms with Crippen LogP contribution in [0.5, 0.6) is 0 Å². The lowest BCUT2D eigenvalue weighted by molar-refractivity contribution is 1.14. The van der Waals surface area contributed by atoms with Crippen molar-refractivity contribution in [1.29, 1.82) is 0 Å². The average Bonchev–Trinajstić information content (AvgIpc) is 2.74. The third kappa shape index (κ3) is 4.78. The van der Waals surface area contributed by atoms with Crippen LogP contribution in [0.1, 0.15) is 39.2 Å². The van der Waals surface area contributed by atoms with Gasteiger partial charge in [0.1, 0.15) is 5.82 Å². The van der Waals surface area contributed by atoms with E-state index in [9.17, 15) is 0 Å². The lowest BCUT2D eigenvalue weighted by Crippen LogP contribution is -1.80. The van der Waals surface area contributed by atoms with Crippen LogP contribution in [0.25, 0.3) is 5.57 Å². The number of nitrogens with one attached hydrogen (secondary N) is 1. The molecule has 0 amide bonds. The van der Waals surface area contributed by atoms with Gasteiger partial charge in [-0.3, -0.25) is 0 Å². The van der Waals surface area contributed by atoms with Crippen molar-refractivity contribution >= 4 is 5.57 Å². The first-order valence-corrected chi connectivity index (χ1v) is 5.75. The molecule has 1 aromatic heterocycles. The number of rotatable bonds is 3. The highest BCUT2D eigenvalue weighted by Crippen LogP contribution is 2.13. The van der Waals surface area contributed by atoms with Crippen molar-refractivity contribution < 1.29 is 0 Å². The molecule has 0 fully saturated rings. The SMILES string of the molecule is CC.C\C=C/C=C\C(=C/C)c1cnc(C)[nH]1. The highest BCUT2D eigenvalue weighted by molar-refractivity contribution is 5.71. The Morgan fingerprint density at radius 1 is 1.25 bits per heavy atom. The first-order valence-electron chi connectivity index (χ1n) is 5.75. The van der Waals surface area contributed by atoms with Gasteiger partial charge in [-0.25, -0.2) is 4.98 Å². The van der Waals surface area contributed by atoms with Crippen LogP contribution in [0.3, 0.4) is 0 Å². The van der Waals surface area contributed by atoms with Crippen molar-refractivity contribution in [3.63, 3.8) is 0 Å². The quantitative estimate of drug-likeness (QED) is 0.754. The van der Waals surface area contributed by atoms with Crippen LogP contribution in [0.2, 0.25) is 0 Å². The molecule has 0 bridgehead atoms. The number of aryl methyl sites for hydroxylation is 1. The van der Waals surface area contributed by atoms with Gasteiger partial charge in [0, 0.05) is 0 Å². The molecule has 0 aliphatic heterocycles. The van der Waals surface area contributed by atoms with Crippen LogP contribution in [-0.2, 0) is 0 Å². The van der Waals surface area contributed by atoms with Gasteiger partial charge >= 0.3 is 0 Å². The molecule has 0 saturated carbocycles. The Morgan fingerprint density at radius 2 is 1.94 bits per heavy atom. The fourth-order valence-corrected chi connectivity index (χ4v) is 1.18. The highest BCUT2D eigenvalue weighted by Gasteiger charge is 1.98. The summed E-state index contributed by atoms with van der Waals surface area (Å²) in [5, 5.41) is 0. The van der Waals surface area contributed by atoms with Crippen molar-refractivity contribution in [2.24, 2.45) is 0 Å². The van der Waals surface area contributed by atoms with E-state index in [4.69, 9.17) is 0 Å². The second-order valence-corrected chi connectivity index (χ2v) is 3.01. The molecule has 1 N–H and O–H groups in total. The molecule has 0 aliphatic carbocycles. The topological polar surface area (TPSA) is 28.7 Å². The molecule has 88 valence electrons. The fraction of sp³-hybridized carbons (Fsp3) is 0.357. The van der Waals surface area contributed by atoms with Gasteiger partial charge in [0.25, 0.3) is 0 Å². The monoisotopic (exact) mass is 218 g/mol. The molecule has 1 aromatic rings. The fourth-order valence-electron chi connectivity index (χ4n) is 1.18. The van der Waals surface area contributed by atoms with Crippen molar-refractivity contribution in [1.82, 2.24) is 9.97 Å². The first kappa shape index (κ1) is 14.4. The molecule has 0 aromatic carbocycles. The van der Waals surface area contributed by atoms with Gasteiger partial charge in [0.2, 0.25) is 0 Å². The Balaban J connectivity index is 0.00000106. The van der Waals surface area contributed by atoms with Crippen molar-refractivity contribution in [3.05, 3.63) is 48.1 Å². The van der Waals surface area contributed by atoms with Gasteiger partial charge < -0.3 is 4.98 Å². The van der Waals surface area contributed by atoms with Gasteiger partial charge in [0.05, 0.1) is 11.9 Å². The standard InChI is InChI=1S/C12H16N2.C2H6/c1-4-6-7-8-11(5-2)12-9-13-10(3)14-12;1-2/h4-9H,1-3H3,(H,13,14);1-2H3/b6-4-,8-7-,11-5+;. The molecular weight excluding hydrogens is 196 g/mol. The Morgan fingerprint density at radius 3 is 2.38 bits per heavy atom. The van der Waals surface area contributed by atoms with Gasteiger partial charge in [-0.05, 0) is 26.3 Å². The van der Waals surface area contributed by atoms with Crippen molar-refractivity contribution in [2.45, 2.75) is 34.6 Å². The summed E-state index contributed by atoms with van der Waals surface area (Å²) in [4.78, 5) is 7.36. The minimum absolute atomic E-state index is 0.943. The number of H-pyrrole nitrogens is 1. The summed E-state index contributed by atoms with van der Waals surface area (Å²) >= 11 is 0. The minimum Gasteiger partial charge on any atom is -0.342 e. The average molecular weight is 218 g/mol. The van der Waals surface area contributed by atoms with E-state index in [1.54, 1.807) is 0 Å². The van der Waals surface area contributed by atoms with E-state index >= 15 is 0 Å². The number of allylic oxidation sites excluding steroid dienone is 6.